The highest BCUT2D eigenvalue weighted by atomic mass is 16.5. The van der Waals surface area contributed by atoms with Gasteiger partial charge in [-0.05, 0) is 26.0 Å². The third kappa shape index (κ3) is 5.08. The minimum absolute atomic E-state index is 0.111. The molecule has 2 heterocycles. The molecule has 0 saturated carbocycles. The lowest BCUT2D eigenvalue weighted by Crippen LogP contribution is -2.54. The van der Waals surface area contributed by atoms with Crippen molar-refractivity contribution in [1.29, 1.82) is 0 Å². The average molecular weight is 416 g/mol. The predicted octanol–water partition coefficient (Wildman–Crippen LogP) is 0.388. The predicted molar refractivity (Wildman–Crippen MR) is 110 cm³/mol. The van der Waals surface area contributed by atoms with Gasteiger partial charge in [0.05, 0.1) is 12.2 Å². The molecule has 4 amide bonds. The Balaban J connectivity index is 1.46. The molecule has 0 atom stereocenters. The van der Waals surface area contributed by atoms with Gasteiger partial charge in [-0.25, -0.2) is 0 Å². The van der Waals surface area contributed by atoms with Crippen molar-refractivity contribution in [3.63, 3.8) is 0 Å². The Kier molecular flexibility index (Phi) is 6.91. The van der Waals surface area contributed by atoms with Crippen LogP contribution in [0.2, 0.25) is 0 Å². The molecule has 162 valence electrons. The van der Waals surface area contributed by atoms with E-state index in [1.165, 1.54) is 4.90 Å². The lowest BCUT2D eigenvalue weighted by atomic mass is 10.2. The smallest absolute Gasteiger partial charge is 0.312 e. The largest absolute Gasteiger partial charge is 0.490 e. The van der Waals surface area contributed by atoms with Gasteiger partial charge in [-0.2, -0.15) is 0 Å². The van der Waals surface area contributed by atoms with Crippen molar-refractivity contribution in [2.24, 2.45) is 0 Å². The fourth-order valence-electron chi connectivity index (χ4n) is 3.56. The number of nitrogens with zero attached hydrogens (tertiary/aromatic N) is 3. The molecule has 1 fully saturated rings. The highest BCUT2D eigenvalue weighted by Gasteiger charge is 2.29. The maximum absolute atomic E-state index is 12.7. The number of piperazine rings is 1. The van der Waals surface area contributed by atoms with E-state index in [2.05, 4.69) is 5.32 Å². The van der Waals surface area contributed by atoms with Crippen LogP contribution in [0.25, 0.3) is 0 Å². The fraction of sp³-hybridized carbons (Fsp3) is 0.524. The van der Waals surface area contributed by atoms with Crippen molar-refractivity contribution in [3.8, 4) is 5.75 Å². The fourth-order valence-corrected chi connectivity index (χ4v) is 3.56. The number of carbonyl (C=O) groups is 4. The van der Waals surface area contributed by atoms with Crippen LogP contribution in [0, 0.1) is 0 Å². The van der Waals surface area contributed by atoms with Gasteiger partial charge in [0.1, 0.15) is 12.4 Å². The molecule has 1 aromatic rings. The molecule has 0 aromatic heterocycles. The monoisotopic (exact) mass is 416 g/mol. The van der Waals surface area contributed by atoms with E-state index in [1.807, 2.05) is 24.3 Å². The second kappa shape index (κ2) is 9.60. The summed E-state index contributed by atoms with van der Waals surface area (Å²) < 4.78 is 5.56. The van der Waals surface area contributed by atoms with Crippen LogP contribution in [0.5, 0.6) is 5.75 Å². The van der Waals surface area contributed by atoms with Gasteiger partial charge in [-0.3, -0.25) is 19.2 Å². The molecule has 2 aliphatic rings. The van der Waals surface area contributed by atoms with Gasteiger partial charge in [0.2, 0.25) is 11.8 Å². The van der Waals surface area contributed by atoms with Crippen LogP contribution >= 0.6 is 0 Å². The minimum Gasteiger partial charge on any atom is -0.490 e. The van der Waals surface area contributed by atoms with Crippen LogP contribution in [-0.2, 0) is 19.2 Å². The number of anilines is 1. The van der Waals surface area contributed by atoms with Gasteiger partial charge >= 0.3 is 11.8 Å². The molecule has 2 aliphatic heterocycles. The average Bonchev–Trinajstić information content (AvgIpc) is 2.76. The number of para-hydroxylation sites is 2. The number of benzene rings is 1. The molecule has 9 nitrogen and oxygen atoms in total. The second-order valence-electron chi connectivity index (χ2n) is 7.66. The Morgan fingerprint density at radius 1 is 0.933 bits per heavy atom. The summed E-state index contributed by atoms with van der Waals surface area (Å²) in [5.41, 5.74) is 0.730. The first-order valence-corrected chi connectivity index (χ1v) is 10.3. The first-order chi connectivity index (χ1) is 14.4. The molecule has 1 aromatic carbocycles. The van der Waals surface area contributed by atoms with Crippen molar-refractivity contribution < 1.29 is 23.9 Å². The molecule has 0 spiro atoms. The van der Waals surface area contributed by atoms with Crippen LogP contribution in [0.15, 0.2) is 24.3 Å². The van der Waals surface area contributed by atoms with Crippen molar-refractivity contribution in [1.82, 2.24) is 15.1 Å². The summed E-state index contributed by atoms with van der Waals surface area (Å²) in [6.45, 7) is 5.79. The van der Waals surface area contributed by atoms with E-state index < -0.39 is 11.8 Å². The summed E-state index contributed by atoms with van der Waals surface area (Å²) >= 11 is 0. The second-order valence-corrected chi connectivity index (χ2v) is 7.66. The summed E-state index contributed by atoms with van der Waals surface area (Å²) in [5.74, 6) is -0.759. The molecule has 0 unspecified atom stereocenters. The minimum atomic E-state index is -0.624. The molecule has 0 radical (unpaired) electrons. The van der Waals surface area contributed by atoms with Gasteiger partial charge in [0, 0.05) is 45.1 Å². The highest BCUT2D eigenvalue weighted by Crippen LogP contribution is 2.31. The molecule has 0 bridgehead atoms. The van der Waals surface area contributed by atoms with Crippen LogP contribution in [-0.4, -0.2) is 78.8 Å². The van der Waals surface area contributed by atoms with E-state index in [9.17, 15) is 19.2 Å². The summed E-state index contributed by atoms with van der Waals surface area (Å²) in [5, 5.41) is 2.58. The van der Waals surface area contributed by atoms with Crippen molar-refractivity contribution in [2.45, 2.75) is 32.7 Å². The molecular weight excluding hydrogens is 388 g/mol. The molecule has 0 aliphatic carbocycles. The Labute approximate surface area is 175 Å². The molecule has 30 heavy (non-hydrogen) atoms. The van der Waals surface area contributed by atoms with Gasteiger partial charge in [-0.15, -0.1) is 0 Å². The molecule has 1 saturated heterocycles. The third-order valence-electron chi connectivity index (χ3n) is 5.12. The number of amides is 4. The van der Waals surface area contributed by atoms with Gasteiger partial charge in [-0.1, -0.05) is 12.1 Å². The molecule has 1 N–H and O–H groups in total. The maximum atomic E-state index is 12.7. The Morgan fingerprint density at radius 3 is 2.27 bits per heavy atom. The van der Waals surface area contributed by atoms with E-state index in [0.717, 1.165) is 5.69 Å². The molecular formula is C21H28N4O5. The van der Waals surface area contributed by atoms with Crippen LogP contribution in [0.4, 0.5) is 5.69 Å². The molecule has 3 rings (SSSR count). The standard InChI is InChI=1S/C21H28N4O5/c1-15(2)22-20(28)21(29)24-11-9-23(10-12-24)18(26)7-8-19(27)25-13-14-30-17-6-4-3-5-16(17)25/h3-6,15H,7-14H2,1-2H3,(H,22,28). The highest BCUT2D eigenvalue weighted by molar-refractivity contribution is 6.35. The Bertz CT molecular complexity index is 817. The van der Waals surface area contributed by atoms with E-state index in [-0.39, 0.29) is 30.7 Å². The number of nitrogens with one attached hydrogen (secondary N) is 1. The van der Waals surface area contributed by atoms with E-state index in [0.29, 0.717) is 45.1 Å². The van der Waals surface area contributed by atoms with Crippen LogP contribution < -0.4 is 15.0 Å². The number of hydrogen-bond acceptors (Lipinski definition) is 5. The first kappa shape index (κ1) is 21.6. The number of carbonyl (C=O) groups excluding carboxylic acids is 4. The SMILES string of the molecule is CC(C)NC(=O)C(=O)N1CCN(C(=O)CCC(=O)N2CCOc3ccccc32)CC1. The zero-order valence-electron chi connectivity index (χ0n) is 17.4. The number of rotatable bonds is 4. The quantitative estimate of drug-likeness (QED) is 0.716. The van der Waals surface area contributed by atoms with Crippen LogP contribution in [0.3, 0.4) is 0 Å². The van der Waals surface area contributed by atoms with E-state index in [1.54, 1.807) is 23.6 Å². The van der Waals surface area contributed by atoms with Crippen LogP contribution in [0.1, 0.15) is 26.7 Å². The molecule has 9 heteroatoms. The lowest BCUT2D eigenvalue weighted by Gasteiger charge is -2.34. The first-order valence-electron chi connectivity index (χ1n) is 10.3. The zero-order chi connectivity index (χ0) is 21.7. The van der Waals surface area contributed by atoms with Gasteiger partial charge < -0.3 is 24.8 Å². The van der Waals surface area contributed by atoms with Crippen molar-refractivity contribution in [3.05, 3.63) is 24.3 Å². The number of hydrogen-bond donors (Lipinski definition) is 1. The normalized spacial score (nSPS) is 16.0. The number of fused-ring (bicyclic) bond motifs is 1. The Hall–Kier alpha value is -3.10. The summed E-state index contributed by atoms with van der Waals surface area (Å²) in [4.78, 5) is 54.0. The summed E-state index contributed by atoms with van der Waals surface area (Å²) in [6, 6.07) is 7.25. The topological polar surface area (TPSA) is 99.3 Å². The third-order valence-corrected chi connectivity index (χ3v) is 5.12. The Morgan fingerprint density at radius 2 is 1.57 bits per heavy atom. The van der Waals surface area contributed by atoms with Crippen molar-refractivity contribution in [2.75, 3.05) is 44.2 Å². The zero-order valence-corrected chi connectivity index (χ0v) is 17.4. The van der Waals surface area contributed by atoms with Gasteiger partial charge in [0.15, 0.2) is 0 Å². The lowest BCUT2D eigenvalue weighted by molar-refractivity contribution is -0.148. The maximum Gasteiger partial charge on any atom is 0.312 e. The van der Waals surface area contributed by atoms with E-state index in [4.69, 9.17) is 4.74 Å². The number of ether oxygens (including phenoxy) is 1. The summed E-state index contributed by atoms with van der Waals surface area (Å²) in [6.07, 6.45) is 0.225. The van der Waals surface area contributed by atoms with Crippen molar-refractivity contribution >= 4 is 29.3 Å². The van der Waals surface area contributed by atoms with Gasteiger partial charge in [0.25, 0.3) is 0 Å². The van der Waals surface area contributed by atoms with E-state index >= 15 is 0 Å². The summed E-state index contributed by atoms with van der Waals surface area (Å²) in [7, 11) is 0.